The molecule has 4 heteroatoms. The summed E-state index contributed by atoms with van der Waals surface area (Å²) in [5.41, 5.74) is 7.14. The maximum absolute atomic E-state index is 5.90. The van der Waals surface area contributed by atoms with Crippen LogP contribution in [0.3, 0.4) is 0 Å². The molecule has 1 saturated heterocycles. The zero-order chi connectivity index (χ0) is 12.1. The van der Waals surface area contributed by atoms with E-state index >= 15 is 0 Å². The fourth-order valence-electron chi connectivity index (χ4n) is 2.26. The van der Waals surface area contributed by atoms with Crippen LogP contribution in [0.4, 0.5) is 0 Å². The summed E-state index contributed by atoms with van der Waals surface area (Å²) in [5.74, 6) is 0. The molecule has 0 saturated carbocycles. The van der Waals surface area contributed by atoms with Crippen LogP contribution in [0, 0.1) is 0 Å². The largest absolute Gasteiger partial charge is 0.472 e. The van der Waals surface area contributed by atoms with Crippen molar-refractivity contribution in [2.75, 3.05) is 33.2 Å². The highest BCUT2D eigenvalue weighted by molar-refractivity contribution is 5.04. The molecule has 0 spiro atoms. The quantitative estimate of drug-likeness (QED) is 0.834. The average molecular weight is 237 g/mol. The lowest BCUT2D eigenvalue weighted by Crippen LogP contribution is -2.42. The van der Waals surface area contributed by atoms with Crippen molar-refractivity contribution in [2.24, 2.45) is 5.73 Å². The number of nitrogens with two attached hydrogens (primary N) is 1. The lowest BCUT2D eigenvalue weighted by molar-refractivity contribution is 0.183. The third kappa shape index (κ3) is 4.15. The third-order valence-corrected chi connectivity index (χ3v) is 3.46. The number of hydrogen-bond donors (Lipinski definition) is 1. The minimum atomic E-state index is 0.426. The Labute approximate surface area is 103 Å². The van der Waals surface area contributed by atoms with Gasteiger partial charge in [-0.3, -0.25) is 0 Å². The Morgan fingerprint density at radius 3 is 2.88 bits per heavy atom. The van der Waals surface area contributed by atoms with Crippen LogP contribution in [0.15, 0.2) is 23.0 Å². The van der Waals surface area contributed by atoms with Gasteiger partial charge in [-0.05, 0) is 39.0 Å². The Balaban J connectivity index is 1.64. The Bertz CT molecular complexity index is 304. The van der Waals surface area contributed by atoms with Gasteiger partial charge in [-0.15, -0.1) is 0 Å². The second kappa shape index (κ2) is 6.19. The molecule has 0 atom stereocenters. The molecule has 1 aromatic rings. The molecule has 0 aliphatic carbocycles. The summed E-state index contributed by atoms with van der Waals surface area (Å²) in [6.45, 7) is 5.51. The van der Waals surface area contributed by atoms with Crippen LogP contribution in [0.2, 0.25) is 0 Å². The highest BCUT2D eigenvalue weighted by Crippen LogP contribution is 2.08. The standard InChI is InChI=1S/C13H23N3O/c1-15(10-12-4-9-17-11-12)7-8-16-5-2-13(14)3-6-16/h4,9,11,13H,2-3,5-8,10,14H2,1H3. The van der Waals surface area contributed by atoms with E-state index in [4.69, 9.17) is 10.2 Å². The summed E-state index contributed by atoms with van der Waals surface area (Å²) < 4.78 is 5.07. The maximum Gasteiger partial charge on any atom is 0.0947 e. The van der Waals surface area contributed by atoms with E-state index in [-0.39, 0.29) is 0 Å². The van der Waals surface area contributed by atoms with Gasteiger partial charge in [0.25, 0.3) is 0 Å². The van der Waals surface area contributed by atoms with Crippen LogP contribution in [-0.2, 0) is 6.54 Å². The van der Waals surface area contributed by atoms with E-state index in [1.54, 1.807) is 6.26 Å². The van der Waals surface area contributed by atoms with Crippen molar-refractivity contribution in [2.45, 2.75) is 25.4 Å². The van der Waals surface area contributed by atoms with Crippen molar-refractivity contribution in [3.05, 3.63) is 24.2 Å². The number of furan rings is 1. The molecule has 4 nitrogen and oxygen atoms in total. The van der Waals surface area contributed by atoms with Gasteiger partial charge in [0.15, 0.2) is 0 Å². The zero-order valence-corrected chi connectivity index (χ0v) is 10.6. The van der Waals surface area contributed by atoms with Crippen molar-refractivity contribution in [1.82, 2.24) is 9.80 Å². The van der Waals surface area contributed by atoms with Crippen molar-refractivity contribution in [3.8, 4) is 0 Å². The van der Waals surface area contributed by atoms with E-state index < -0.39 is 0 Å². The molecule has 0 bridgehead atoms. The Morgan fingerprint density at radius 2 is 2.24 bits per heavy atom. The maximum atomic E-state index is 5.90. The zero-order valence-electron chi connectivity index (χ0n) is 10.6. The van der Waals surface area contributed by atoms with Crippen molar-refractivity contribution in [3.63, 3.8) is 0 Å². The van der Waals surface area contributed by atoms with Crippen LogP contribution in [0.5, 0.6) is 0 Å². The third-order valence-electron chi connectivity index (χ3n) is 3.46. The number of hydrogen-bond acceptors (Lipinski definition) is 4. The molecule has 0 radical (unpaired) electrons. The monoisotopic (exact) mass is 237 g/mol. The second-order valence-corrected chi connectivity index (χ2v) is 5.05. The predicted octanol–water partition coefficient (Wildman–Crippen LogP) is 1.13. The van der Waals surface area contributed by atoms with Gasteiger partial charge in [-0.25, -0.2) is 0 Å². The van der Waals surface area contributed by atoms with Gasteiger partial charge in [-0.1, -0.05) is 0 Å². The van der Waals surface area contributed by atoms with E-state index in [1.807, 2.05) is 12.3 Å². The number of rotatable bonds is 5. The fraction of sp³-hybridized carbons (Fsp3) is 0.692. The van der Waals surface area contributed by atoms with Gasteiger partial charge >= 0.3 is 0 Å². The minimum Gasteiger partial charge on any atom is -0.472 e. The SMILES string of the molecule is CN(CCN1CCC(N)CC1)Cc1ccoc1. The lowest BCUT2D eigenvalue weighted by Gasteiger charge is -2.31. The molecule has 1 aliphatic heterocycles. The van der Waals surface area contributed by atoms with Crippen LogP contribution in [0.25, 0.3) is 0 Å². The first-order valence-corrected chi connectivity index (χ1v) is 6.41. The average Bonchev–Trinajstić information content (AvgIpc) is 2.81. The van der Waals surface area contributed by atoms with Gasteiger partial charge in [0.2, 0.25) is 0 Å². The van der Waals surface area contributed by atoms with Gasteiger partial charge < -0.3 is 20.0 Å². The predicted molar refractivity (Wildman–Crippen MR) is 68.7 cm³/mol. The molecular formula is C13H23N3O. The summed E-state index contributed by atoms with van der Waals surface area (Å²) >= 11 is 0. The summed E-state index contributed by atoms with van der Waals surface area (Å²) in [4.78, 5) is 4.84. The highest BCUT2D eigenvalue weighted by atomic mass is 16.3. The van der Waals surface area contributed by atoms with E-state index in [0.29, 0.717) is 6.04 Å². The Kier molecular flexibility index (Phi) is 4.59. The molecular weight excluding hydrogens is 214 g/mol. The molecule has 0 amide bonds. The minimum absolute atomic E-state index is 0.426. The molecule has 1 fully saturated rings. The van der Waals surface area contributed by atoms with Gasteiger partial charge in [0.1, 0.15) is 0 Å². The summed E-state index contributed by atoms with van der Waals surface area (Å²) in [6.07, 6.45) is 5.84. The van der Waals surface area contributed by atoms with Crippen molar-refractivity contribution < 1.29 is 4.42 Å². The van der Waals surface area contributed by atoms with Gasteiger partial charge in [-0.2, -0.15) is 0 Å². The second-order valence-electron chi connectivity index (χ2n) is 5.05. The summed E-state index contributed by atoms with van der Waals surface area (Å²) in [7, 11) is 2.16. The Hall–Kier alpha value is -0.840. The van der Waals surface area contributed by atoms with Crippen LogP contribution in [-0.4, -0.2) is 49.1 Å². The van der Waals surface area contributed by atoms with Crippen LogP contribution >= 0.6 is 0 Å². The molecule has 1 aromatic heterocycles. The van der Waals surface area contributed by atoms with E-state index in [1.165, 1.54) is 5.56 Å². The number of piperidine rings is 1. The van der Waals surface area contributed by atoms with Crippen LogP contribution in [0.1, 0.15) is 18.4 Å². The first-order valence-electron chi connectivity index (χ1n) is 6.41. The smallest absolute Gasteiger partial charge is 0.0947 e. The topological polar surface area (TPSA) is 45.6 Å². The first kappa shape index (κ1) is 12.6. The van der Waals surface area contributed by atoms with E-state index in [2.05, 4.69) is 16.8 Å². The number of nitrogens with zero attached hydrogens (tertiary/aromatic N) is 2. The van der Waals surface area contributed by atoms with Crippen LogP contribution < -0.4 is 5.73 Å². The molecule has 17 heavy (non-hydrogen) atoms. The van der Waals surface area contributed by atoms with E-state index in [9.17, 15) is 0 Å². The highest BCUT2D eigenvalue weighted by Gasteiger charge is 2.15. The molecule has 0 unspecified atom stereocenters. The first-order chi connectivity index (χ1) is 8.24. The molecule has 96 valence electrons. The molecule has 2 N–H and O–H groups in total. The summed E-state index contributed by atoms with van der Waals surface area (Å²) in [6, 6.07) is 2.45. The molecule has 2 heterocycles. The molecule has 0 aromatic carbocycles. The Morgan fingerprint density at radius 1 is 1.47 bits per heavy atom. The number of likely N-dealkylation sites (tertiary alicyclic amines) is 1. The fourth-order valence-corrected chi connectivity index (χ4v) is 2.26. The van der Waals surface area contributed by atoms with Gasteiger partial charge in [0, 0.05) is 31.2 Å². The number of likely N-dealkylation sites (N-methyl/N-ethyl adjacent to an activating group) is 1. The van der Waals surface area contributed by atoms with Crippen molar-refractivity contribution >= 4 is 0 Å². The van der Waals surface area contributed by atoms with Crippen molar-refractivity contribution in [1.29, 1.82) is 0 Å². The molecule has 2 rings (SSSR count). The molecule has 1 aliphatic rings. The normalized spacial score (nSPS) is 19.0. The van der Waals surface area contributed by atoms with E-state index in [0.717, 1.165) is 45.6 Å². The lowest BCUT2D eigenvalue weighted by atomic mass is 10.1. The summed E-state index contributed by atoms with van der Waals surface area (Å²) in [5, 5.41) is 0. The van der Waals surface area contributed by atoms with Gasteiger partial charge in [0.05, 0.1) is 12.5 Å².